The molecule has 1 N–H and O–H groups in total. The SMILES string of the molecule is CC(C)OC1CC(NC2CCCN(c3ccncn3)C2)C1. The molecule has 1 saturated carbocycles. The van der Waals surface area contributed by atoms with Gasteiger partial charge >= 0.3 is 0 Å². The van der Waals surface area contributed by atoms with Gasteiger partial charge in [0.25, 0.3) is 0 Å². The molecule has 0 radical (unpaired) electrons. The molecular formula is C16H26N4O. The molecule has 3 rings (SSSR count). The van der Waals surface area contributed by atoms with Crippen LogP contribution >= 0.6 is 0 Å². The lowest BCUT2D eigenvalue weighted by Gasteiger charge is -2.42. The van der Waals surface area contributed by atoms with E-state index in [0.29, 0.717) is 24.3 Å². The fourth-order valence-corrected chi connectivity index (χ4v) is 3.32. The second-order valence-corrected chi connectivity index (χ2v) is 6.49. The maximum absolute atomic E-state index is 5.83. The van der Waals surface area contributed by atoms with E-state index in [0.717, 1.165) is 31.7 Å². The summed E-state index contributed by atoms with van der Waals surface area (Å²) in [6.45, 7) is 6.37. The number of rotatable bonds is 5. The zero-order valence-electron chi connectivity index (χ0n) is 13.0. The molecule has 0 bridgehead atoms. The molecule has 1 aromatic heterocycles. The van der Waals surface area contributed by atoms with Gasteiger partial charge in [-0.25, -0.2) is 9.97 Å². The highest BCUT2D eigenvalue weighted by molar-refractivity contribution is 5.37. The largest absolute Gasteiger partial charge is 0.375 e. The number of piperidine rings is 1. The van der Waals surface area contributed by atoms with E-state index in [1.54, 1.807) is 6.33 Å². The lowest BCUT2D eigenvalue weighted by atomic mass is 9.87. The first-order chi connectivity index (χ1) is 10.2. The van der Waals surface area contributed by atoms with Crippen LogP contribution in [0.2, 0.25) is 0 Å². The summed E-state index contributed by atoms with van der Waals surface area (Å²) in [5.74, 6) is 1.05. The number of nitrogens with zero attached hydrogens (tertiary/aromatic N) is 3. The van der Waals surface area contributed by atoms with Crippen molar-refractivity contribution in [1.82, 2.24) is 15.3 Å². The van der Waals surface area contributed by atoms with E-state index in [1.807, 2.05) is 12.3 Å². The number of aromatic nitrogens is 2. The monoisotopic (exact) mass is 290 g/mol. The molecule has 1 aliphatic heterocycles. The average Bonchev–Trinajstić information content (AvgIpc) is 2.46. The fraction of sp³-hybridized carbons (Fsp3) is 0.750. The van der Waals surface area contributed by atoms with Gasteiger partial charge in [-0.3, -0.25) is 0 Å². The Labute approximate surface area is 127 Å². The smallest absolute Gasteiger partial charge is 0.131 e. The maximum atomic E-state index is 5.83. The molecule has 1 unspecified atom stereocenters. The minimum absolute atomic E-state index is 0.346. The minimum Gasteiger partial charge on any atom is -0.375 e. The summed E-state index contributed by atoms with van der Waals surface area (Å²) < 4.78 is 5.83. The van der Waals surface area contributed by atoms with Crippen LogP contribution in [0, 0.1) is 0 Å². The molecule has 5 heteroatoms. The molecule has 0 amide bonds. The quantitative estimate of drug-likeness (QED) is 0.899. The van der Waals surface area contributed by atoms with E-state index in [2.05, 4.69) is 34.0 Å². The van der Waals surface area contributed by atoms with Crippen molar-refractivity contribution in [1.29, 1.82) is 0 Å². The van der Waals surface area contributed by atoms with Crippen molar-refractivity contribution in [3.05, 3.63) is 18.6 Å². The van der Waals surface area contributed by atoms with Gasteiger partial charge in [-0.15, -0.1) is 0 Å². The molecule has 2 heterocycles. The third-order valence-corrected chi connectivity index (χ3v) is 4.34. The molecule has 1 atom stereocenters. The van der Waals surface area contributed by atoms with Gasteiger partial charge in [0.05, 0.1) is 12.2 Å². The Bertz CT molecular complexity index is 433. The minimum atomic E-state index is 0.346. The van der Waals surface area contributed by atoms with Crippen molar-refractivity contribution >= 4 is 5.82 Å². The van der Waals surface area contributed by atoms with Crippen LogP contribution in [0.25, 0.3) is 0 Å². The Balaban J connectivity index is 1.45. The molecule has 5 nitrogen and oxygen atoms in total. The van der Waals surface area contributed by atoms with Crippen molar-refractivity contribution in [3.8, 4) is 0 Å². The number of nitrogens with one attached hydrogen (secondary N) is 1. The number of hydrogen-bond donors (Lipinski definition) is 1. The Morgan fingerprint density at radius 2 is 2.19 bits per heavy atom. The zero-order chi connectivity index (χ0) is 14.7. The first-order valence-electron chi connectivity index (χ1n) is 8.13. The summed E-state index contributed by atoms with van der Waals surface area (Å²) in [7, 11) is 0. The first-order valence-corrected chi connectivity index (χ1v) is 8.13. The van der Waals surface area contributed by atoms with E-state index >= 15 is 0 Å². The van der Waals surface area contributed by atoms with Gasteiger partial charge in [0, 0.05) is 31.4 Å². The molecular weight excluding hydrogens is 264 g/mol. The number of hydrogen-bond acceptors (Lipinski definition) is 5. The highest BCUT2D eigenvalue weighted by atomic mass is 16.5. The van der Waals surface area contributed by atoms with Crippen LogP contribution in [0.3, 0.4) is 0 Å². The van der Waals surface area contributed by atoms with Gasteiger partial charge in [0.1, 0.15) is 12.1 Å². The first kappa shape index (κ1) is 14.7. The molecule has 2 fully saturated rings. The Kier molecular flexibility index (Phi) is 4.70. The fourth-order valence-electron chi connectivity index (χ4n) is 3.32. The van der Waals surface area contributed by atoms with Crippen LogP contribution < -0.4 is 10.2 Å². The Hall–Kier alpha value is -1.20. The summed E-state index contributed by atoms with van der Waals surface area (Å²) in [6, 6.07) is 3.20. The highest BCUT2D eigenvalue weighted by Gasteiger charge is 2.33. The van der Waals surface area contributed by atoms with E-state index in [1.165, 1.54) is 12.8 Å². The van der Waals surface area contributed by atoms with Gasteiger partial charge in [0.15, 0.2) is 0 Å². The highest BCUT2D eigenvalue weighted by Crippen LogP contribution is 2.26. The molecule has 1 aromatic rings. The van der Waals surface area contributed by atoms with Crippen molar-refractivity contribution < 1.29 is 4.74 Å². The van der Waals surface area contributed by atoms with Crippen LogP contribution in [0.5, 0.6) is 0 Å². The van der Waals surface area contributed by atoms with Gasteiger partial charge in [-0.2, -0.15) is 0 Å². The Morgan fingerprint density at radius 1 is 1.33 bits per heavy atom. The molecule has 21 heavy (non-hydrogen) atoms. The van der Waals surface area contributed by atoms with Gasteiger partial charge in [0.2, 0.25) is 0 Å². The summed E-state index contributed by atoms with van der Waals surface area (Å²) in [4.78, 5) is 10.7. The second-order valence-electron chi connectivity index (χ2n) is 6.49. The van der Waals surface area contributed by atoms with Gasteiger partial charge in [-0.1, -0.05) is 0 Å². The van der Waals surface area contributed by atoms with E-state index in [-0.39, 0.29) is 0 Å². The predicted molar refractivity (Wildman–Crippen MR) is 83.4 cm³/mol. The predicted octanol–water partition coefficient (Wildman–Crippen LogP) is 1.99. The molecule has 2 aliphatic rings. The Morgan fingerprint density at radius 3 is 2.90 bits per heavy atom. The summed E-state index contributed by atoms with van der Waals surface area (Å²) in [6.07, 6.45) is 9.05. The summed E-state index contributed by atoms with van der Waals surface area (Å²) in [5.41, 5.74) is 0. The lowest BCUT2D eigenvalue weighted by Crippen LogP contribution is -2.54. The zero-order valence-corrected chi connectivity index (χ0v) is 13.0. The van der Waals surface area contributed by atoms with Crippen LogP contribution in [0.4, 0.5) is 5.82 Å². The number of ether oxygens (including phenoxy) is 1. The molecule has 1 aliphatic carbocycles. The third kappa shape index (κ3) is 3.92. The van der Waals surface area contributed by atoms with Crippen LogP contribution in [0.1, 0.15) is 39.5 Å². The maximum Gasteiger partial charge on any atom is 0.131 e. The summed E-state index contributed by atoms with van der Waals surface area (Å²) >= 11 is 0. The van der Waals surface area contributed by atoms with E-state index in [4.69, 9.17) is 4.74 Å². The molecule has 0 spiro atoms. The van der Waals surface area contributed by atoms with Crippen LogP contribution in [0.15, 0.2) is 18.6 Å². The molecule has 1 saturated heterocycles. The lowest BCUT2D eigenvalue weighted by molar-refractivity contribution is -0.0516. The second kappa shape index (κ2) is 6.71. The van der Waals surface area contributed by atoms with Gasteiger partial charge < -0.3 is 15.0 Å². The van der Waals surface area contributed by atoms with Crippen LogP contribution in [-0.4, -0.2) is 47.3 Å². The summed E-state index contributed by atoms with van der Waals surface area (Å²) in [5, 5.41) is 3.79. The van der Waals surface area contributed by atoms with E-state index in [9.17, 15) is 0 Å². The third-order valence-electron chi connectivity index (χ3n) is 4.34. The average molecular weight is 290 g/mol. The van der Waals surface area contributed by atoms with Crippen molar-refractivity contribution in [2.45, 2.75) is 63.8 Å². The molecule has 0 aromatic carbocycles. The van der Waals surface area contributed by atoms with E-state index < -0.39 is 0 Å². The normalized spacial score (nSPS) is 29.5. The van der Waals surface area contributed by atoms with Crippen molar-refractivity contribution in [3.63, 3.8) is 0 Å². The topological polar surface area (TPSA) is 50.3 Å². The van der Waals surface area contributed by atoms with Crippen LogP contribution in [-0.2, 0) is 4.74 Å². The van der Waals surface area contributed by atoms with Crippen molar-refractivity contribution in [2.75, 3.05) is 18.0 Å². The number of anilines is 1. The van der Waals surface area contributed by atoms with Crippen molar-refractivity contribution in [2.24, 2.45) is 0 Å². The standard InChI is InChI=1S/C16H26N4O/c1-12(2)21-15-8-14(9-15)19-13-4-3-7-20(10-13)16-5-6-17-11-18-16/h5-6,11-15,19H,3-4,7-10H2,1-2H3. The van der Waals surface area contributed by atoms with Gasteiger partial charge in [-0.05, 0) is 45.6 Å². The molecule has 116 valence electrons.